The zero-order chi connectivity index (χ0) is 13.9. The largest absolute Gasteiger partial charge is 0.496 e. The van der Waals surface area contributed by atoms with E-state index >= 15 is 0 Å². The van der Waals surface area contributed by atoms with Gasteiger partial charge in [0.2, 0.25) is 10.0 Å². The first-order valence-corrected chi connectivity index (χ1v) is 8.39. The summed E-state index contributed by atoms with van der Waals surface area (Å²) in [6.45, 7) is 0.233. The Labute approximate surface area is 123 Å². The Morgan fingerprint density at radius 1 is 1.47 bits per heavy atom. The first-order chi connectivity index (χ1) is 9.03. The van der Waals surface area contributed by atoms with Gasteiger partial charge in [0, 0.05) is 17.6 Å². The highest BCUT2D eigenvalue weighted by Crippen LogP contribution is 2.27. The number of hydrogen-bond donors (Lipinski definition) is 1. The first-order valence-electron chi connectivity index (χ1n) is 5.23. The highest BCUT2D eigenvalue weighted by atomic mass is 79.9. The van der Waals surface area contributed by atoms with E-state index in [4.69, 9.17) is 4.74 Å². The maximum Gasteiger partial charge on any atom is 0.240 e. The van der Waals surface area contributed by atoms with Crippen LogP contribution in [0.4, 0.5) is 0 Å². The fourth-order valence-corrected chi connectivity index (χ4v) is 3.74. The Morgan fingerprint density at radius 2 is 2.26 bits per heavy atom. The van der Waals surface area contributed by atoms with Gasteiger partial charge in [-0.2, -0.15) is 0 Å². The van der Waals surface area contributed by atoms with E-state index in [1.807, 2.05) is 0 Å². The van der Waals surface area contributed by atoms with Gasteiger partial charge in [0.15, 0.2) is 0 Å². The Kier molecular flexibility index (Phi) is 4.56. The number of methoxy groups -OCH3 is 1. The highest BCUT2D eigenvalue weighted by molar-refractivity contribution is 9.10. The number of rotatable bonds is 5. The molecule has 0 spiro atoms. The zero-order valence-corrected chi connectivity index (χ0v) is 13.2. The van der Waals surface area contributed by atoms with Gasteiger partial charge in [0.1, 0.15) is 5.75 Å². The third kappa shape index (κ3) is 3.53. The van der Waals surface area contributed by atoms with Gasteiger partial charge < -0.3 is 4.74 Å². The van der Waals surface area contributed by atoms with Crippen molar-refractivity contribution < 1.29 is 13.2 Å². The van der Waals surface area contributed by atoms with E-state index in [1.54, 1.807) is 17.8 Å². The average molecular weight is 363 g/mol. The number of halogens is 1. The number of ether oxygens (including phenoxy) is 1. The van der Waals surface area contributed by atoms with Crippen molar-refractivity contribution in [2.75, 3.05) is 7.11 Å². The monoisotopic (exact) mass is 362 g/mol. The number of thiazole rings is 1. The lowest BCUT2D eigenvalue weighted by atomic mass is 10.3. The van der Waals surface area contributed by atoms with Crippen LogP contribution in [0, 0.1) is 0 Å². The zero-order valence-electron chi connectivity index (χ0n) is 9.96. The second-order valence-electron chi connectivity index (χ2n) is 3.59. The molecule has 0 amide bonds. The molecule has 1 heterocycles. The molecule has 0 saturated carbocycles. The fraction of sp³-hybridized carbons (Fsp3) is 0.182. The van der Waals surface area contributed by atoms with E-state index in [0.29, 0.717) is 10.2 Å². The van der Waals surface area contributed by atoms with Crippen LogP contribution in [-0.2, 0) is 16.6 Å². The maximum atomic E-state index is 12.1. The predicted octanol–water partition coefficient (Wildman–Crippen LogP) is 2.39. The quantitative estimate of drug-likeness (QED) is 0.886. The van der Waals surface area contributed by atoms with Gasteiger partial charge in [-0.1, -0.05) is 0 Å². The standard InChI is InChI=1S/C11H11BrN2O3S2/c1-17-11-3-2-9(4-10(11)12)19(15,16)14-6-8-5-13-7-18-8/h2-5,7,14H,6H2,1H3. The van der Waals surface area contributed by atoms with Crippen molar-refractivity contribution in [2.24, 2.45) is 0 Å². The smallest absolute Gasteiger partial charge is 0.240 e. The van der Waals surface area contributed by atoms with Crippen LogP contribution in [0.25, 0.3) is 0 Å². The summed E-state index contributed by atoms with van der Waals surface area (Å²) in [4.78, 5) is 4.93. The van der Waals surface area contributed by atoms with Gasteiger partial charge in [-0.15, -0.1) is 11.3 Å². The molecule has 8 heteroatoms. The van der Waals surface area contributed by atoms with Crippen LogP contribution >= 0.6 is 27.3 Å². The van der Waals surface area contributed by atoms with E-state index in [1.165, 1.54) is 30.6 Å². The lowest BCUT2D eigenvalue weighted by molar-refractivity contribution is 0.411. The van der Waals surface area contributed by atoms with Crippen molar-refractivity contribution in [1.82, 2.24) is 9.71 Å². The van der Waals surface area contributed by atoms with Crippen LogP contribution in [-0.4, -0.2) is 20.5 Å². The summed E-state index contributed by atoms with van der Waals surface area (Å²) in [5.74, 6) is 0.585. The molecule has 2 rings (SSSR count). The van der Waals surface area contributed by atoms with Gasteiger partial charge >= 0.3 is 0 Å². The normalized spacial score (nSPS) is 11.5. The summed E-state index contributed by atoms with van der Waals surface area (Å²) in [7, 11) is -2.02. The lowest BCUT2D eigenvalue weighted by Crippen LogP contribution is -2.22. The van der Waals surface area contributed by atoms with E-state index in [9.17, 15) is 8.42 Å². The van der Waals surface area contributed by atoms with Crippen LogP contribution in [0.3, 0.4) is 0 Å². The molecule has 1 aromatic heterocycles. The van der Waals surface area contributed by atoms with Gasteiger partial charge in [-0.25, -0.2) is 13.1 Å². The first kappa shape index (κ1) is 14.4. The second-order valence-corrected chi connectivity index (χ2v) is 7.18. The highest BCUT2D eigenvalue weighted by Gasteiger charge is 2.15. The minimum absolute atomic E-state index is 0.185. The molecule has 0 radical (unpaired) electrons. The van der Waals surface area contributed by atoms with E-state index in [2.05, 4.69) is 25.6 Å². The van der Waals surface area contributed by atoms with E-state index in [0.717, 1.165) is 4.88 Å². The minimum atomic E-state index is -3.54. The molecule has 0 aliphatic heterocycles. The van der Waals surface area contributed by atoms with Crippen LogP contribution < -0.4 is 9.46 Å². The fourth-order valence-electron chi connectivity index (χ4n) is 1.39. The molecule has 0 aliphatic rings. The van der Waals surface area contributed by atoms with Crippen molar-refractivity contribution >= 4 is 37.3 Å². The number of aromatic nitrogens is 1. The molecular weight excluding hydrogens is 352 g/mol. The molecule has 2 aromatic rings. The lowest BCUT2D eigenvalue weighted by Gasteiger charge is -2.08. The number of benzene rings is 1. The van der Waals surface area contributed by atoms with Crippen LogP contribution in [0.2, 0.25) is 0 Å². The summed E-state index contributed by atoms with van der Waals surface area (Å²) in [5.41, 5.74) is 1.66. The Hall–Kier alpha value is -0.960. The van der Waals surface area contributed by atoms with Crippen LogP contribution in [0.5, 0.6) is 5.75 Å². The van der Waals surface area contributed by atoms with E-state index < -0.39 is 10.0 Å². The molecule has 0 aliphatic carbocycles. The minimum Gasteiger partial charge on any atom is -0.496 e. The number of hydrogen-bond acceptors (Lipinski definition) is 5. The van der Waals surface area contributed by atoms with Crippen molar-refractivity contribution in [2.45, 2.75) is 11.4 Å². The summed E-state index contributed by atoms with van der Waals surface area (Å²) in [6.07, 6.45) is 1.64. The average Bonchev–Trinajstić information content (AvgIpc) is 2.89. The van der Waals surface area contributed by atoms with Crippen LogP contribution in [0.15, 0.2) is 39.3 Å². The molecular formula is C11H11BrN2O3S2. The SMILES string of the molecule is COc1ccc(S(=O)(=O)NCc2cncs2)cc1Br. The molecule has 0 unspecified atom stereocenters. The molecule has 0 fully saturated rings. The van der Waals surface area contributed by atoms with Crippen molar-refractivity contribution in [3.63, 3.8) is 0 Å². The van der Waals surface area contributed by atoms with Crippen molar-refractivity contribution in [3.05, 3.63) is 39.3 Å². The van der Waals surface area contributed by atoms with Crippen molar-refractivity contribution in [3.8, 4) is 5.75 Å². The molecule has 0 atom stereocenters. The number of nitrogens with zero attached hydrogens (tertiary/aromatic N) is 1. The number of nitrogens with one attached hydrogen (secondary N) is 1. The van der Waals surface area contributed by atoms with Crippen molar-refractivity contribution in [1.29, 1.82) is 0 Å². The predicted molar refractivity (Wildman–Crippen MR) is 76.8 cm³/mol. The van der Waals surface area contributed by atoms with Gasteiger partial charge in [-0.05, 0) is 34.1 Å². The Morgan fingerprint density at radius 3 is 2.84 bits per heavy atom. The Bertz CT molecular complexity index is 657. The summed E-state index contributed by atoms with van der Waals surface area (Å²) in [6, 6.07) is 4.61. The third-order valence-corrected chi connectivity index (χ3v) is 5.15. The third-order valence-electron chi connectivity index (χ3n) is 2.35. The molecule has 0 bridgehead atoms. The van der Waals surface area contributed by atoms with Gasteiger partial charge in [0.25, 0.3) is 0 Å². The molecule has 1 N–H and O–H groups in total. The summed E-state index contributed by atoms with van der Waals surface area (Å²) >= 11 is 4.67. The summed E-state index contributed by atoms with van der Waals surface area (Å²) < 4.78 is 32.4. The number of sulfonamides is 1. The Balaban J connectivity index is 2.17. The van der Waals surface area contributed by atoms with Gasteiger partial charge in [0.05, 0.1) is 22.0 Å². The molecule has 102 valence electrons. The second kappa shape index (κ2) is 6.00. The molecule has 1 aromatic carbocycles. The van der Waals surface area contributed by atoms with Gasteiger partial charge in [-0.3, -0.25) is 4.98 Å². The topological polar surface area (TPSA) is 68.3 Å². The molecule has 19 heavy (non-hydrogen) atoms. The van der Waals surface area contributed by atoms with E-state index in [-0.39, 0.29) is 11.4 Å². The molecule has 5 nitrogen and oxygen atoms in total. The summed E-state index contributed by atoms with van der Waals surface area (Å²) in [5, 5.41) is 0. The van der Waals surface area contributed by atoms with Crippen LogP contribution in [0.1, 0.15) is 4.88 Å². The maximum absolute atomic E-state index is 12.1. The molecule has 0 saturated heterocycles.